The first-order valence-corrected chi connectivity index (χ1v) is 9.30. The molecular weight excluding hydrogens is 399 g/mol. The highest BCUT2D eigenvalue weighted by Crippen LogP contribution is 2.28. The summed E-state index contributed by atoms with van der Waals surface area (Å²) in [5.41, 5.74) is 0.874. The van der Waals surface area contributed by atoms with Crippen molar-refractivity contribution in [2.24, 2.45) is 0 Å². The van der Waals surface area contributed by atoms with Gasteiger partial charge in [0.1, 0.15) is 10.8 Å². The molecule has 0 saturated heterocycles. The summed E-state index contributed by atoms with van der Waals surface area (Å²) in [6, 6.07) is 14.1. The molecule has 1 heterocycles. The van der Waals surface area contributed by atoms with Crippen LogP contribution in [0.25, 0.3) is 11.3 Å². The third-order valence-corrected chi connectivity index (χ3v) is 4.72. The smallest absolute Gasteiger partial charge is 0.306 e. The van der Waals surface area contributed by atoms with Gasteiger partial charge < -0.3 is 10.1 Å². The van der Waals surface area contributed by atoms with Crippen molar-refractivity contribution < 1.29 is 18.8 Å². The van der Waals surface area contributed by atoms with Crippen LogP contribution < -0.4 is 10.1 Å². The zero-order valence-corrected chi connectivity index (χ0v) is 16.0. The number of hydrogen-bond acceptors (Lipinski definition) is 7. The van der Waals surface area contributed by atoms with Crippen molar-refractivity contribution in [3.8, 4) is 17.0 Å². The van der Waals surface area contributed by atoms with E-state index in [0.29, 0.717) is 16.5 Å². The number of halogens is 1. The minimum Gasteiger partial charge on any atom is -0.496 e. The molecule has 0 bridgehead atoms. The number of amides is 1. The van der Waals surface area contributed by atoms with Crippen molar-refractivity contribution in [2.75, 3.05) is 18.2 Å². The van der Waals surface area contributed by atoms with Crippen molar-refractivity contribution in [1.29, 1.82) is 0 Å². The fraction of sp³-hybridized carbons (Fsp3) is 0.105. The number of nitro benzene ring substituents is 1. The molecule has 0 aliphatic carbocycles. The maximum atomic E-state index is 13.3. The van der Waals surface area contributed by atoms with Crippen LogP contribution in [-0.4, -0.2) is 33.9 Å². The normalized spacial score (nSPS) is 10.4. The summed E-state index contributed by atoms with van der Waals surface area (Å²) in [6.07, 6.45) is 0. The first-order chi connectivity index (χ1) is 14.0. The van der Waals surface area contributed by atoms with Gasteiger partial charge >= 0.3 is 5.69 Å². The molecule has 8 nitrogen and oxygen atoms in total. The summed E-state index contributed by atoms with van der Waals surface area (Å²) >= 11 is 1.15. The van der Waals surface area contributed by atoms with Crippen molar-refractivity contribution in [3.05, 3.63) is 70.5 Å². The number of methoxy groups -OCH3 is 1. The summed E-state index contributed by atoms with van der Waals surface area (Å²) in [5, 5.41) is 22.0. The maximum absolute atomic E-state index is 13.3. The van der Waals surface area contributed by atoms with E-state index in [1.165, 1.54) is 6.07 Å². The van der Waals surface area contributed by atoms with Gasteiger partial charge in [0.25, 0.3) is 0 Å². The molecule has 10 heteroatoms. The molecule has 0 aliphatic rings. The fourth-order valence-electron chi connectivity index (χ4n) is 2.46. The molecule has 1 N–H and O–H groups in total. The Bertz CT molecular complexity index is 1050. The van der Waals surface area contributed by atoms with E-state index >= 15 is 0 Å². The highest BCUT2D eigenvalue weighted by Gasteiger charge is 2.15. The molecule has 3 aromatic rings. The average molecular weight is 414 g/mol. The Labute approximate surface area is 169 Å². The van der Waals surface area contributed by atoms with E-state index in [1.54, 1.807) is 19.2 Å². The van der Waals surface area contributed by atoms with Gasteiger partial charge in [-0.15, -0.1) is 10.2 Å². The zero-order chi connectivity index (χ0) is 20.8. The van der Waals surface area contributed by atoms with Crippen LogP contribution in [0, 0.1) is 15.9 Å². The van der Waals surface area contributed by atoms with E-state index in [2.05, 4.69) is 15.5 Å². The topological polar surface area (TPSA) is 107 Å². The molecule has 0 fully saturated rings. The Balaban J connectivity index is 1.61. The van der Waals surface area contributed by atoms with Crippen LogP contribution in [0.1, 0.15) is 0 Å². The SMILES string of the molecule is COc1ccccc1-c1ccc(SCC(=O)Nc2ccc(F)c([N+](=O)[O-])c2)nn1. The van der Waals surface area contributed by atoms with E-state index in [4.69, 9.17) is 4.74 Å². The van der Waals surface area contributed by atoms with E-state index in [0.717, 1.165) is 29.5 Å². The number of carbonyl (C=O) groups is 1. The predicted octanol–water partition coefficient (Wildman–Crippen LogP) is 3.93. The molecule has 29 heavy (non-hydrogen) atoms. The average Bonchev–Trinajstić information content (AvgIpc) is 2.74. The molecule has 2 aromatic carbocycles. The Morgan fingerprint density at radius 3 is 2.69 bits per heavy atom. The molecule has 0 unspecified atom stereocenters. The quantitative estimate of drug-likeness (QED) is 0.355. The van der Waals surface area contributed by atoms with E-state index < -0.39 is 22.3 Å². The number of ether oxygens (including phenoxy) is 1. The van der Waals surface area contributed by atoms with Gasteiger partial charge in [0.15, 0.2) is 0 Å². The van der Waals surface area contributed by atoms with Gasteiger partial charge in [0.05, 0.1) is 23.5 Å². The van der Waals surface area contributed by atoms with Crippen LogP contribution >= 0.6 is 11.8 Å². The van der Waals surface area contributed by atoms with Crippen molar-refractivity contribution >= 4 is 29.0 Å². The number of hydrogen-bond donors (Lipinski definition) is 1. The van der Waals surface area contributed by atoms with Crippen molar-refractivity contribution in [1.82, 2.24) is 10.2 Å². The van der Waals surface area contributed by atoms with Gasteiger partial charge in [-0.1, -0.05) is 23.9 Å². The van der Waals surface area contributed by atoms with Gasteiger partial charge in [-0.3, -0.25) is 14.9 Å². The number of rotatable bonds is 7. The molecule has 1 amide bonds. The standard InChI is InChI=1S/C19H15FN4O4S/c1-28-17-5-3-2-4-13(17)15-8-9-19(23-22-15)29-11-18(25)21-12-6-7-14(20)16(10-12)24(26)27/h2-10H,11H2,1H3,(H,21,25). The number of nitrogens with one attached hydrogen (secondary N) is 1. The monoisotopic (exact) mass is 414 g/mol. The third kappa shape index (κ3) is 5.05. The Morgan fingerprint density at radius 1 is 1.21 bits per heavy atom. The summed E-state index contributed by atoms with van der Waals surface area (Å²) in [6.45, 7) is 0. The summed E-state index contributed by atoms with van der Waals surface area (Å²) in [7, 11) is 1.57. The first-order valence-electron chi connectivity index (χ1n) is 8.31. The van der Waals surface area contributed by atoms with E-state index in [9.17, 15) is 19.3 Å². The maximum Gasteiger partial charge on any atom is 0.306 e. The number of thioether (sulfide) groups is 1. The van der Waals surface area contributed by atoms with Crippen LogP contribution in [0.5, 0.6) is 5.75 Å². The van der Waals surface area contributed by atoms with Crippen LogP contribution in [0.4, 0.5) is 15.8 Å². The lowest BCUT2D eigenvalue weighted by Gasteiger charge is -2.07. The number of aromatic nitrogens is 2. The van der Waals surface area contributed by atoms with Crippen LogP contribution in [-0.2, 0) is 4.79 Å². The Morgan fingerprint density at radius 2 is 2.00 bits per heavy atom. The lowest BCUT2D eigenvalue weighted by Crippen LogP contribution is -2.14. The molecule has 0 radical (unpaired) electrons. The predicted molar refractivity (Wildman–Crippen MR) is 106 cm³/mol. The molecule has 0 spiro atoms. The van der Waals surface area contributed by atoms with Crippen LogP contribution in [0.3, 0.4) is 0 Å². The number of para-hydroxylation sites is 1. The Kier molecular flexibility index (Phi) is 6.35. The van der Waals surface area contributed by atoms with Gasteiger partial charge in [-0.25, -0.2) is 0 Å². The second kappa shape index (κ2) is 9.11. The number of nitro groups is 1. The lowest BCUT2D eigenvalue weighted by atomic mass is 10.1. The summed E-state index contributed by atoms with van der Waals surface area (Å²) in [5.74, 6) is -0.692. The minimum absolute atomic E-state index is 0.00780. The van der Waals surface area contributed by atoms with Crippen molar-refractivity contribution in [3.63, 3.8) is 0 Å². The summed E-state index contributed by atoms with van der Waals surface area (Å²) < 4.78 is 18.7. The second-order valence-corrected chi connectivity index (χ2v) is 6.71. The molecular formula is C19H15FN4O4S. The Hall–Kier alpha value is -3.53. The first kappa shape index (κ1) is 20.2. The zero-order valence-electron chi connectivity index (χ0n) is 15.2. The number of benzene rings is 2. The minimum atomic E-state index is -0.965. The third-order valence-electron chi connectivity index (χ3n) is 3.80. The lowest BCUT2D eigenvalue weighted by molar-refractivity contribution is -0.387. The van der Waals surface area contributed by atoms with E-state index in [-0.39, 0.29) is 11.4 Å². The molecule has 148 valence electrons. The number of nitrogens with zero attached hydrogens (tertiary/aromatic N) is 3. The number of anilines is 1. The molecule has 0 aliphatic heterocycles. The number of carbonyl (C=O) groups excluding carboxylic acids is 1. The summed E-state index contributed by atoms with van der Waals surface area (Å²) in [4.78, 5) is 22.0. The molecule has 1 aromatic heterocycles. The largest absolute Gasteiger partial charge is 0.496 e. The van der Waals surface area contributed by atoms with Gasteiger partial charge in [0, 0.05) is 17.3 Å². The highest BCUT2D eigenvalue weighted by molar-refractivity contribution is 7.99. The molecule has 3 rings (SSSR count). The van der Waals surface area contributed by atoms with Gasteiger partial charge in [-0.2, -0.15) is 4.39 Å². The van der Waals surface area contributed by atoms with Crippen LogP contribution in [0.15, 0.2) is 59.6 Å². The molecule has 0 saturated carbocycles. The van der Waals surface area contributed by atoms with Crippen molar-refractivity contribution in [2.45, 2.75) is 5.03 Å². The fourth-order valence-corrected chi connectivity index (χ4v) is 3.08. The van der Waals surface area contributed by atoms with E-state index in [1.807, 2.05) is 24.3 Å². The molecule has 0 atom stereocenters. The van der Waals surface area contributed by atoms with Gasteiger partial charge in [-0.05, 0) is 36.4 Å². The second-order valence-electron chi connectivity index (χ2n) is 5.72. The highest BCUT2D eigenvalue weighted by atomic mass is 32.2. The van der Waals surface area contributed by atoms with Crippen LogP contribution in [0.2, 0.25) is 0 Å². The van der Waals surface area contributed by atoms with Gasteiger partial charge in [0.2, 0.25) is 11.7 Å².